The number of benzene rings is 1. The molecular formula is C21H20FN5O3. The van der Waals surface area contributed by atoms with Crippen molar-refractivity contribution in [3.8, 4) is 5.69 Å². The van der Waals surface area contributed by atoms with Crippen LogP contribution in [-0.4, -0.2) is 44.4 Å². The normalized spacial score (nSPS) is 16.4. The first kappa shape index (κ1) is 19.6. The number of likely N-dealkylation sites (tertiary alicyclic amines) is 1. The second-order valence-corrected chi connectivity index (χ2v) is 7.23. The van der Waals surface area contributed by atoms with E-state index in [9.17, 15) is 18.8 Å². The minimum atomic E-state index is -0.404. The van der Waals surface area contributed by atoms with E-state index in [-0.39, 0.29) is 41.0 Å². The van der Waals surface area contributed by atoms with Crippen LogP contribution < -0.4 is 11.3 Å². The van der Waals surface area contributed by atoms with Crippen LogP contribution in [0.1, 0.15) is 33.6 Å². The average molecular weight is 409 g/mol. The minimum absolute atomic E-state index is 0.177. The van der Waals surface area contributed by atoms with Crippen molar-refractivity contribution >= 4 is 17.5 Å². The molecule has 1 saturated heterocycles. The maximum atomic E-state index is 13.2. The SMILES string of the molecule is Nc1c(C(=O)[C@H]2CCCN(C(=O)c3ccc(=O)[nH]c3)C2)cnn1-c1ccc(F)cc1. The number of aromatic nitrogens is 3. The topological polar surface area (TPSA) is 114 Å². The number of nitrogens with zero attached hydrogens (tertiary/aromatic N) is 3. The summed E-state index contributed by atoms with van der Waals surface area (Å²) >= 11 is 0. The van der Waals surface area contributed by atoms with E-state index in [2.05, 4.69) is 10.1 Å². The van der Waals surface area contributed by atoms with Gasteiger partial charge in [0, 0.05) is 31.3 Å². The molecule has 30 heavy (non-hydrogen) atoms. The molecule has 3 heterocycles. The highest BCUT2D eigenvalue weighted by Crippen LogP contribution is 2.26. The third-order valence-electron chi connectivity index (χ3n) is 5.25. The molecule has 1 aliphatic heterocycles. The van der Waals surface area contributed by atoms with E-state index >= 15 is 0 Å². The molecule has 4 rings (SSSR count). The lowest BCUT2D eigenvalue weighted by atomic mass is 9.90. The van der Waals surface area contributed by atoms with Crippen LogP contribution in [-0.2, 0) is 0 Å². The molecule has 0 saturated carbocycles. The van der Waals surface area contributed by atoms with Gasteiger partial charge in [-0.05, 0) is 43.2 Å². The number of halogens is 1. The first-order valence-electron chi connectivity index (χ1n) is 9.55. The summed E-state index contributed by atoms with van der Waals surface area (Å²) in [4.78, 5) is 41.1. The molecule has 3 aromatic rings. The summed E-state index contributed by atoms with van der Waals surface area (Å²) in [5.74, 6) is -1.02. The fourth-order valence-corrected chi connectivity index (χ4v) is 3.66. The molecule has 2 aromatic heterocycles. The number of H-pyrrole nitrogens is 1. The fraction of sp³-hybridized carbons (Fsp3) is 0.238. The molecule has 0 spiro atoms. The van der Waals surface area contributed by atoms with Gasteiger partial charge in [0.1, 0.15) is 11.6 Å². The molecule has 9 heteroatoms. The molecule has 0 aliphatic carbocycles. The van der Waals surface area contributed by atoms with Gasteiger partial charge in [-0.1, -0.05) is 0 Å². The lowest BCUT2D eigenvalue weighted by Gasteiger charge is -2.32. The van der Waals surface area contributed by atoms with Crippen molar-refractivity contribution in [3.63, 3.8) is 0 Å². The number of hydrogen-bond donors (Lipinski definition) is 2. The van der Waals surface area contributed by atoms with E-state index in [4.69, 9.17) is 5.73 Å². The summed E-state index contributed by atoms with van der Waals surface area (Å²) in [6.07, 6.45) is 4.09. The van der Waals surface area contributed by atoms with Gasteiger partial charge in [0.25, 0.3) is 5.91 Å². The Labute approximate surface area is 171 Å². The number of amides is 1. The molecule has 154 valence electrons. The van der Waals surface area contributed by atoms with E-state index in [0.29, 0.717) is 30.6 Å². The number of ketones is 1. The Morgan fingerprint density at radius 1 is 1.17 bits per heavy atom. The maximum Gasteiger partial charge on any atom is 0.255 e. The number of carbonyl (C=O) groups excluding carboxylic acids is 2. The number of nitrogens with two attached hydrogens (primary N) is 1. The van der Waals surface area contributed by atoms with E-state index in [0.717, 1.165) is 0 Å². The van der Waals surface area contributed by atoms with Gasteiger partial charge < -0.3 is 15.6 Å². The zero-order chi connectivity index (χ0) is 21.3. The van der Waals surface area contributed by atoms with Crippen molar-refractivity contribution in [2.45, 2.75) is 12.8 Å². The summed E-state index contributed by atoms with van der Waals surface area (Å²) in [7, 11) is 0. The number of nitrogen functional groups attached to an aromatic ring is 1. The van der Waals surface area contributed by atoms with Crippen LogP contribution in [0.3, 0.4) is 0 Å². The second-order valence-electron chi connectivity index (χ2n) is 7.23. The second kappa shape index (κ2) is 7.94. The van der Waals surface area contributed by atoms with Gasteiger partial charge in [-0.15, -0.1) is 0 Å². The number of aromatic amines is 1. The average Bonchev–Trinajstić information content (AvgIpc) is 3.15. The molecule has 1 aliphatic rings. The monoisotopic (exact) mass is 409 g/mol. The Morgan fingerprint density at radius 2 is 1.93 bits per heavy atom. The van der Waals surface area contributed by atoms with Gasteiger partial charge in [0.05, 0.1) is 23.0 Å². The predicted octanol–water partition coefficient (Wildman–Crippen LogP) is 2.02. The van der Waals surface area contributed by atoms with Gasteiger partial charge in [-0.3, -0.25) is 14.4 Å². The number of anilines is 1. The van der Waals surface area contributed by atoms with Crippen LogP contribution >= 0.6 is 0 Å². The summed E-state index contributed by atoms with van der Waals surface area (Å²) < 4.78 is 14.5. The third-order valence-corrected chi connectivity index (χ3v) is 5.25. The van der Waals surface area contributed by atoms with Gasteiger partial charge in [0.15, 0.2) is 5.78 Å². The number of carbonyl (C=O) groups is 2. The van der Waals surface area contributed by atoms with E-state index in [1.807, 2.05) is 0 Å². The lowest BCUT2D eigenvalue weighted by Crippen LogP contribution is -2.42. The molecule has 1 atom stereocenters. The quantitative estimate of drug-likeness (QED) is 0.640. The number of piperidine rings is 1. The highest BCUT2D eigenvalue weighted by atomic mass is 19.1. The van der Waals surface area contributed by atoms with E-state index < -0.39 is 5.92 Å². The van der Waals surface area contributed by atoms with Gasteiger partial charge in [-0.2, -0.15) is 5.10 Å². The molecule has 3 N–H and O–H groups in total. The van der Waals surface area contributed by atoms with Crippen molar-refractivity contribution in [1.82, 2.24) is 19.7 Å². The van der Waals surface area contributed by atoms with Crippen molar-refractivity contribution < 1.29 is 14.0 Å². The number of Topliss-reactive ketones (excluding diaryl/α,β-unsaturated/α-hetero) is 1. The molecular weight excluding hydrogens is 389 g/mol. The largest absolute Gasteiger partial charge is 0.383 e. The summed E-state index contributed by atoms with van der Waals surface area (Å²) in [5.41, 5.74) is 7.06. The van der Waals surface area contributed by atoms with Crippen LogP contribution in [0.25, 0.3) is 5.69 Å². The Morgan fingerprint density at radius 3 is 2.63 bits per heavy atom. The molecule has 0 radical (unpaired) electrons. The van der Waals surface area contributed by atoms with E-state index in [1.165, 1.54) is 53.5 Å². The smallest absolute Gasteiger partial charge is 0.255 e. The van der Waals surface area contributed by atoms with Crippen molar-refractivity contribution in [2.24, 2.45) is 5.92 Å². The Bertz CT molecular complexity index is 1130. The minimum Gasteiger partial charge on any atom is -0.383 e. The summed E-state index contributed by atoms with van der Waals surface area (Å²) in [5, 5.41) is 4.18. The number of rotatable bonds is 4. The van der Waals surface area contributed by atoms with Crippen LogP contribution in [0.4, 0.5) is 10.2 Å². The summed E-state index contributed by atoms with van der Waals surface area (Å²) in [6.45, 7) is 0.796. The highest BCUT2D eigenvalue weighted by molar-refractivity contribution is 6.02. The molecule has 1 fully saturated rings. The number of nitrogens with one attached hydrogen (secondary N) is 1. The standard InChI is InChI=1S/C21H20FN5O3/c22-15-4-6-16(7-5-15)27-20(23)17(11-25-27)19(29)14-2-1-9-26(12-14)21(30)13-3-8-18(28)24-10-13/h3-8,10-11,14H,1-2,9,12,23H2,(H,24,28)/t14-/m0/s1. The maximum absolute atomic E-state index is 13.2. The van der Waals surface area contributed by atoms with Crippen LogP contribution in [0.2, 0.25) is 0 Å². The van der Waals surface area contributed by atoms with Crippen molar-refractivity contribution in [2.75, 3.05) is 18.8 Å². The Balaban J connectivity index is 1.52. The zero-order valence-electron chi connectivity index (χ0n) is 16.0. The Hall–Kier alpha value is -3.75. The molecule has 1 amide bonds. The van der Waals surface area contributed by atoms with Crippen LogP contribution in [0.5, 0.6) is 0 Å². The Kier molecular flexibility index (Phi) is 5.18. The number of pyridine rings is 1. The van der Waals surface area contributed by atoms with Gasteiger partial charge >= 0.3 is 0 Å². The highest BCUT2D eigenvalue weighted by Gasteiger charge is 2.31. The molecule has 0 unspecified atom stereocenters. The first-order chi connectivity index (χ1) is 14.4. The predicted molar refractivity (Wildman–Crippen MR) is 108 cm³/mol. The zero-order valence-corrected chi connectivity index (χ0v) is 16.0. The lowest BCUT2D eigenvalue weighted by molar-refractivity contribution is 0.0637. The van der Waals surface area contributed by atoms with Crippen LogP contribution in [0.15, 0.2) is 53.6 Å². The van der Waals surface area contributed by atoms with Crippen LogP contribution in [0, 0.1) is 11.7 Å². The van der Waals surface area contributed by atoms with Gasteiger partial charge in [0.2, 0.25) is 5.56 Å². The van der Waals surface area contributed by atoms with Crippen molar-refractivity contribution in [1.29, 1.82) is 0 Å². The van der Waals surface area contributed by atoms with E-state index in [1.54, 1.807) is 4.90 Å². The first-order valence-corrected chi connectivity index (χ1v) is 9.55. The van der Waals surface area contributed by atoms with Crippen molar-refractivity contribution in [3.05, 3.63) is 76.1 Å². The molecule has 8 nitrogen and oxygen atoms in total. The molecule has 1 aromatic carbocycles. The number of hydrogen-bond acceptors (Lipinski definition) is 5. The third kappa shape index (κ3) is 3.73. The van der Waals surface area contributed by atoms with Gasteiger partial charge in [-0.25, -0.2) is 9.07 Å². The fourth-order valence-electron chi connectivity index (χ4n) is 3.66. The molecule has 0 bridgehead atoms. The summed E-state index contributed by atoms with van der Waals surface area (Å²) in [6, 6.07) is 8.40.